The summed E-state index contributed by atoms with van der Waals surface area (Å²) in [6.07, 6.45) is 1.77. The van der Waals surface area contributed by atoms with Gasteiger partial charge in [-0.1, -0.05) is 30.4 Å². The zero-order chi connectivity index (χ0) is 18.0. The summed E-state index contributed by atoms with van der Waals surface area (Å²) in [5, 5.41) is 22.9. The third-order valence-corrected chi connectivity index (χ3v) is 5.02. The molecule has 10 heteroatoms. The topological polar surface area (TPSA) is 71.6 Å². The van der Waals surface area contributed by atoms with Crippen LogP contribution in [0.2, 0.25) is 5.02 Å². The maximum Gasteiger partial charge on any atom is 0.253 e. The Balaban J connectivity index is 0.00000243. The van der Waals surface area contributed by atoms with E-state index in [4.69, 9.17) is 11.6 Å². The predicted octanol–water partition coefficient (Wildman–Crippen LogP) is 5.48. The first-order chi connectivity index (χ1) is 12.0. The molecule has 0 saturated heterocycles. The van der Waals surface area contributed by atoms with Crippen molar-refractivity contribution in [3.8, 4) is 5.69 Å². The summed E-state index contributed by atoms with van der Waals surface area (Å²) < 4.78 is 1.67. The van der Waals surface area contributed by atoms with E-state index < -0.39 is 0 Å². The quantitative estimate of drug-likeness (QED) is 0.447. The number of nitrogens with zero attached hydrogens (tertiary/aromatic N) is 7. The summed E-state index contributed by atoms with van der Waals surface area (Å²) in [4.78, 5) is 2.80. The molecule has 2 heterocycles. The molecule has 0 bridgehead atoms. The van der Waals surface area contributed by atoms with Crippen molar-refractivity contribution in [1.29, 1.82) is 0 Å². The Hall–Kier alpha value is -1.97. The molecule has 0 atom stereocenters. The van der Waals surface area contributed by atoms with E-state index in [1.54, 1.807) is 16.9 Å². The van der Waals surface area contributed by atoms with Gasteiger partial charge in [-0.2, -0.15) is 5.10 Å². The van der Waals surface area contributed by atoms with Crippen LogP contribution in [0.5, 0.6) is 0 Å². The molecule has 26 heavy (non-hydrogen) atoms. The Bertz CT molecular complexity index is 919. The van der Waals surface area contributed by atoms with Crippen LogP contribution in [-0.4, -0.2) is 33.6 Å². The van der Waals surface area contributed by atoms with E-state index in [1.165, 1.54) is 11.3 Å². The van der Waals surface area contributed by atoms with Crippen LogP contribution >= 0.6 is 35.6 Å². The van der Waals surface area contributed by atoms with E-state index in [0.29, 0.717) is 15.8 Å². The highest BCUT2D eigenvalue weighted by molar-refractivity contribution is 7.80. The van der Waals surface area contributed by atoms with Gasteiger partial charge in [-0.25, -0.2) is 4.68 Å². The van der Waals surface area contributed by atoms with E-state index >= 15 is 0 Å². The van der Waals surface area contributed by atoms with E-state index in [0.717, 1.165) is 28.0 Å². The average molecular weight is 410 g/mol. The summed E-state index contributed by atoms with van der Waals surface area (Å²) in [7, 11) is 1.95. The fourth-order valence-corrected chi connectivity index (χ4v) is 3.08. The van der Waals surface area contributed by atoms with E-state index in [1.807, 2.05) is 37.9 Å². The number of anilines is 1. The molecule has 0 spiro atoms. The Labute approximate surface area is 167 Å². The number of thiol groups is 1. The number of halogens is 1. The largest absolute Gasteiger partial charge is 0.350 e. The minimum Gasteiger partial charge on any atom is -0.350 e. The zero-order valence-corrected chi connectivity index (χ0v) is 16.3. The lowest BCUT2D eigenvalue weighted by atomic mass is 10.3. The first-order valence-corrected chi connectivity index (χ1v) is 9.13. The normalized spacial score (nSPS) is 11.0. The van der Waals surface area contributed by atoms with Gasteiger partial charge in [0, 0.05) is 18.5 Å². The lowest BCUT2D eigenvalue weighted by Crippen LogP contribution is -2.15. The molecule has 0 radical (unpaired) electrons. The van der Waals surface area contributed by atoms with Crippen LogP contribution in [0.25, 0.3) is 5.69 Å². The Morgan fingerprint density at radius 3 is 2.81 bits per heavy atom. The second-order valence-electron chi connectivity index (χ2n) is 5.26. The number of hydrogen-bond donors (Lipinski definition) is 1. The number of hydrogen-bond acceptors (Lipinski definition) is 8. The molecule has 0 saturated carbocycles. The van der Waals surface area contributed by atoms with Crippen molar-refractivity contribution in [3.05, 3.63) is 35.1 Å². The molecular formula is C16H20ClN7S2. The molecule has 0 aliphatic rings. The van der Waals surface area contributed by atoms with Gasteiger partial charge in [0.1, 0.15) is 5.69 Å². The monoisotopic (exact) mass is 409 g/mol. The van der Waals surface area contributed by atoms with Gasteiger partial charge in [-0.05, 0) is 32.0 Å². The second kappa shape index (κ2) is 8.61. The molecule has 3 aromatic rings. The lowest BCUT2D eigenvalue weighted by Gasteiger charge is -2.09. The molecule has 0 unspecified atom stereocenters. The van der Waals surface area contributed by atoms with Crippen molar-refractivity contribution in [2.45, 2.75) is 26.2 Å². The van der Waals surface area contributed by atoms with Crippen molar-refractivity contribution in [3.63, 3.8) is 0 Å². The summed E-state index contributed by atoms with van der Waals surface area (Å²) in [5.74, 6) is 0. The SMILES string of the molecule is C.CCN(C)c1nnc(N=Nc2cn(-c3cc(S)ccc3Cl)nc2C)s1. The van der Waals surface area contributed by atoms with Gasteiger partial charge >= 0.3 is 0 Å². The lowest BCUT2D eigenvalue weighted by molar-refractivity contribution is 0.860. The van der Waals surface area contributed by atoms with Gasteiger partial charge < -0.3 is 4.90 Å². The summed E-state index contributed by atoms with van der Waals surface area (Å²) in [6.45, 7) is 4.76. The Morgan fingerprint density at radius 1 is 1.31 bits per heavy atom. The number of aryl methyl sites for hydroxylation is 1. The molecule has 1 aromatic carbocycles. The molecule has 0 aliphatic heterocycles. The van der Waals surface area contributed by atoms with Crippen LogP contribution in [0.1, 0.15) is 20.0 Å². The van der Waals surface area contributed by atoms with Crippen LogP contribution in [0.3, 0.4) is 0 Å². The predicted molar refractivity (Wildman–Crippen MR) is 110 cm³/mol. The molecule has 7 nitrogen and oxygen atoms in total. The molecule has 138 valence electrons. The molecule has 0 N–H and O–H groups in total. The first kappa shape index (κ1) is 20.3. The van der Waals surface area contributed by atoms with Crippen molar-refractivity contribution in [2.75, 3.05) is 18.5 Å². The van der Waals surface area contributed by atoms with Crippen LogP contribution < -0.4 is 4.90 Å². The van der Waals surface area contributed by atoms with Crippen molar-refractivity contribution in [2.24, 2.45) is 10.2 Å². The summed E-state index contributed by atoms with van der Waals surface area (Å²) in [6, 6.07) is 5.45. The van der Waals surface area contributed by atoms with Gasteiger partial charge in [0.05, 0.1) is 22.6 Å². The molecule has 2 aromatic heterocycles. The van der Waals surface area contributed by atoms with Gasteiger partial charge in [-0.15, -0.1) is 33.1 Å². The number of rotatable bonds is 5. The van der Waals surface area contributed by atoms with Crippen LogP contribution in [0.4, 0.5) is 16.0 Å². The third kappa shape index (κ3) is 4.40. The minimum atomic E-state index is 0. The standard InChI is InChI=1S/C15H16ClN7S2.CH4/c1-4-22(3)15-20-19-14(25-15)18-17-12-8-23(21-9(12)2)13-7-10(24)5-6-11(13)16;/h5-8,24H,4H2,1-3H3;1H4. The molecular weight excluding hydrogens is 390 g/mol. The average Bonchev–Trinajstić information content (AvgIpc) is 3.21. The molecule has 0 fully saturated rings. The van der Waals surface area contributed by atoms with Crippen molar-refractivity contribution < 1.29 is 0 Å². The van der Waals surface area contributed by atoms with Crippen molar-refractivity contribution in [1.82, 2.24) is 20.0 Å². The second-order valence-corrected chi connectivity index (χ2v) is 7.12. The fourth-order valence-electron chi connectivity index (χ4n) is 1.98. The Morgan fingerprint density at radius 2 is 2.08 bits per heavy atom. The van der Waals surface area contributed by atoms with Gasteiger partial charge in [0.2, 0.25) is 5.13 Å². The fraction of sp³-hybridized carbons (Fsp3) is 0.312. The molecule has 0 aliphatic carbocycles. The zero-order valence-electron chi connectivity index (χ0n) is 13.9. The first-order valence-electron chi connectivity index (χ1n) is 7.49. The number of azo groups is 1. The van der Waals surface area contributed by atoms with E-state index in [2.05, 4.69) is 38.2 Å². The highest BCUT2D eigenvalue weighted by atomic mass is 35.5. The molecule has 3 rings (SSSR count). The van der Waals surface area contributed by atoms with Gasteiger partial charge in [-0.3, -0.25) is 0 Å². The van der Waals surface area contributed by atoms with Crippen LogP contribution in [0, 0.1) is 6.92 Å². The summed E-state index contributed by atoms with van der Waals surface area (Å²) >= 11 is 12.0. The highest BCUT2D eigenvalue weighted by Crippen LogP contribution is 2.29. The van der Waals surface area contributed by atoms with E-state index in [-0.39, 0.29) is 7.43 Å². The maximum atomic E-state index is 6.24. The highest BCUT2D eigenvalue weighted by Gasteiger charge is 2.10. The van der Waals surface area contributed by atoms with Gasteiger partial charge in [0.25, 0.3) is 5.13 Å². The van der Waals surface area contributed by atoms with Crippen LogP contribution in [0.15, 0.2) is 39.5 Å². The van der Waals surface area contributed by atoms with Crippen molar-refractivity contribution >= 4 is 51.5 Å². The smallest absolute Gasteiger partial charge is 0.253 e. The maximum absolute atomic E-state index is 6.24. The van der Waals surface area contributed by atoms with Crippen LogP contribution in [-0.2, 0) is 0 Å². The minimum absolute atomic E-state index is 0. The molecule has 0 amide bonds. The van der Waals surface area contributed by atoms with Gasteiger partial charge in [0.15, 0.2) is 0 Å². The van der Waals surface area contributed by atoms with E-state index in [9.17, 15) is 0 Å². The number of aromatic nitrogens is 4. The third-order valence-electron chi connectivity index (χ3n) is 3.50. The number of benzene rings is 1. The Kier molecular flexibility index (Phi) is 6.74. The summed E-state index contributed by atoms with van der Waals surface area (Å²) in [5.41, 5.74) is 2.11.